The summed E-state index contributed by atoms with van der Waals surface area (Å²) >= 11 is 12.4. The van der Waals surface area contributed by atoms with E-state index in [4.69, 9.17) is 23.2 Å². The van der Waals surface area contributed by atoms with Gasteiger partial charge in [-0.1, -0.05) is 29.3 Å². The Morgan fingerprint density at radius 3 is 2.36 bits per heavy atom. The van der Waals surface area contributed by atoms with Crippen molar-refractivity contribution in [3.05, 3.63) is 52.1 Å². The fraction of sp³-hybridized carbons (Fsp3) is 0.429. The molecular formula is C28H31Cl2N3O3. The fourth-order valence-electron chi connectivity index (χ4n) is 5.26. The Bertz CT molecular complexity index is 1290. The van der Waals surface area contributed by atoms with E-state index in [1.165, 1.54) is 0 Å². The van der Waals surface area contributed by atoms with Gasteiger partial charge in [0.15, 0.2) is 11.5 Å². The molecule has 0 atom stereocenters. The first-order chi connectivity index (χ1) is 17.1. The molecule has 190 valence electrons. The number of pyridine rings is 1. The van der Waals surface area contributed by atoms with E-state index in [-0.39, 0.29) is 33.5 Å². The number of hydrogen-bond acceptors (Lipinski definition) is 6. The molecule has 0 aliphatic heterocycles. The van der Waals surface area contributed by atoms with Gasteiger partial charge in [0.05, 0.1) is 32.4 Å². The van der Waals surface area contributed by atoms with Crippen LogP contribution < -0.4 is 5.32 Å². The third-order valence-electron chi connectivity index (χ3n) is 7.31. The third-order valence-corrected chi connectivity index (χ3v) is 7.88. The number of nitrogens with one attached hydrogen (secondary N) is 1. The smallest absolute Gasteiger partial charge is 0.169 e. The third kappa shape index (κ3) is 5.18. The van der Waals surface area contributed by atoms with Crippen molar-refractivity contribution in [2.24, 2.45) is 5.92 Å². The lowest BCUT2D eigenvalue weighted by Crippen LogP contribution is -2.45. The molecular weight excluding hydrogens is 497 g/mol. The molecule has 2 aliphatic rings. The van der Waals surface area contributed by atoms with Crippen LogP contribution in [0.15, 0.2) is 36.5 Å². The van der Waals surface area contributed by atoms with E-state index in [0.717, 1.165) is 53.4 Å². The molecule has 36 heavy (non-hydrogen) atoms. The van der Waals surface area contributed by atoms with Crippen LogP contribution in [-0.4, -0.2) is 58.2 Å². The van der Waals surface area contributed by atoms with Gasteiger partial charge in [-0.3, -0.25) is 9.78 Å². The predicted octanol–water partition coefficient (Wildman–Crippen LogP) is 6.15. The van der Waals surface area contributed by atoms with Gasteiger partial charge < -0.3 is 20.4 Å². The SMILES string of the molecule is CN(C)C[C@]1(O)CC[C@H](Nc2c(C(=O)C3CC3)cnc3ccc(-c4cc(Cl)c(O)c(Cl)c4)cc23)CC1. The van der Waals surface area contributed by atoms with Gasteiger partial charge in [-0.15, -0.1) is 0 Å². The number of fused-ring (bicyclic) bond motifs is 1. The lowest BCUT2D eigenvalue weighted by Gasteiger charge is -2.38. The molecule has 0 amide bonds. The summed E-state index contributed by atoms with van der Waals surface area (Å²) in [6, 6.07) is 9.35. The number of phenolic OH excluding ortho intramolecular Hbond substituents is 1. The number of rotatable bonds is 7. The summed E-state index contributed by atoms with van der Waals surface area (Å²) in [6.07, 6.45) is 6.57. The summed E-state index contributed by atoms with van der Waals surface area (Å²) < 4.78 is 0. The van der Waals surface area contributed by atoms with Crippen LogP contribution in [0, 0.1) is 5.92 Å². The quantitative estimate of drug-likeness (QED) is 0.319. The van der Waals surface area contributed by atoms with E-state index in [1.54, 1.807) is 18.3 Å². The Morgan fingerprint density at radius 2 is 1.75 bits per heavy atom. The van der Waals surface area contributed by atoms with Crippen molar-refractivity contribution in [3.63, 3.8) is 0 Å². The number of aromatic nitrogens is 1. The Hall–Kier alpha value is -2.38. The number of anilines is 1. The molecule has 0 spiro atoms. The molecule has 2 aliphatic carbocycles. The van der Waals surface area contributed by atoms with Crippen LogP contribution in [0.4, 0.5) is 5.69 Å². The Kier molecular flexibility index (Phi) is 6.90. The summed E-state index contributed by atoms with van der Waals surface area (Å²) in [5, 5.41) is 25.8. The minimum Gasteiger partial charge on any atom is -0.505 e. The highest BCUT2D eigenvalue weighted by Crippen LogP contribution is 2.41. The molecule has 2 fully saturated rings. The number of likely N-dealkylation sites (N-methyl/N-ethyl adjacent to an activating group) is 1. The van der Waals surface area contributed by atoms with Gasteiger partial charge in [0, 0.05) is 30.1 Å². The van der Waals surface area contributed by atoms with Gasteiger partial charge in [-0.25, -0.2) is 0 Å². The standard InChI is InChI=1S/C28H31Cl2N3O3/c1-33(2)15-28(36)9-7-19(8-10-28)32-25-20-11-17(18-12-22(29)27(35)23(30)13-18)5-6-24(20)31-14-21(25)26(34)16-3-4-16/h5-6,11-14,16,19,35-36H,3-4,7-10,15H2,1-2H3,(H,31,32)/t19-,28-. The van der Waals surface area contributed by atoms with Crippen molar-refractivity contribution < 1.29 is 15.0 Å². The molecule has 1 aromatic heterocycles. The van der Waals surface area contributed by atoms with Crippen molar-refractivity contribution in [1.29, 1.82) is 0 Å². The Balaban J connectivity index is 1.53. The average molecular weight is 528 g/mol. The number of nitrogens with zero attached hydrogens (tertiary/aromatic N) is 2. The number of hydrogen-bond donors (Lipinski definition) is 3. The predicted molar refractivity (Wildman–Crippen MR) is 145 cm³/mol. The Morgan fingerprint density at radius 1 is 1.08 bits per heavy atom. The first-order valence-electron chi connectivity index (χ1n) is 12.4. The zero-order valence-electron chi connectivity index (χ0n) is 20.5. The van der Waals surface area contributed by atoms with Gasteiger partial charge >= 0.3 is 0 Å². The molecule has 2 aromatic carbocycles. The van der Waals surface area contributed by atoms with Crippen LogP contribution in [0.5, 0.6) is 5.75 Å². The lowest BCUT2D eigenvalue weighted by molar-refractivity contribution is -0.0183. The summed E-state index contributed by atoms with van der Waals surface area (Å²) in [5.74, 6) is 0.0583. The van der Waals surface area contributed by atoms with Crippen LogP contribution in [0.2, 0.25) is 10.0 Å². The highest BCUT2D eigenvalue weighted by molar-refractivity contribution is 6.37. The van der Waals surface area contributed by atoms with Crippen molar-refractivity contribution >= 4 is 45.6 Å². The van der Waals surface area contributed by atoms with Gasteiger partial charge in [0.1, 0.15) is 0 Å². The van der Waals surface area contributed by atoms with Crippen LogP contribution in [0.1, 0.15) is 48.9 Å². The van der Waals surface area contributed by atoms with Crippen LogP contribution >= 0.6 is 23.2 Å². The lowest BCUT2D eigenvalue weighted by atomic mass is 9.81. The molecule has 8 heteroatoms. The van der Waals surface area contributed by atoms with Crippen molar-refractivity contribution in [1.82, 2.24) is 9.88 Å². The zero-order valence-corrected chi connectivity index (χ0v) is 22.0. The maximum Gasteiger partial charge on any atom is 0.169 e. The maximum atomic E-state index is 13.2. The topological polar surface area (TPSA) is 85.7 Å². The largest absolute Gasteiger partial charge is 0.505 e. The van der Waals surface area contributed by atoms with Gasteiger partial charge in [0.2, 0.25) is 0 Å². The molecule has 0 bridgehead atoms. The molecule has 3 N–H and O–H groups in total. The van der Waals surface area contributed by atoms with Gasteiger partial charge in [0.25, 0.3) is 0 Å². The Labute approximate surface area is 221 Å². The number of aliphatic hydroxyl groups is 1. The van der Waals surface area contributed by atoms with E-state index < -0.39 is 5.60 Å². The van der Waals surface area contributed by atoms with E-state index in [9.17, 15) is 15.0 Å². The number of phenols is 1. The van der Waals surface area contributed by atoms with E-state index >= 15 is 0 Å². The second-order valence-corrected chi connectivity index (χ2v) is 11.4. The number of halogens is 2. The second kappa shape index (κ2) is 9.82. The molecule has 5 rings (SSSR count). The van der Waals surface area contributed by atoms with Crippen molar-refractivity contribution in [3.8, 4) is 16.9 Å². The van der Waals surface area contributed by atoms with Crippen LogP contribution in [-0.2, 0) is 0 Å². The zero-order chi connectivity index (χ0) is 25.6. The second-order valence-electron chi connectivity index (χ2n) is 10.6. The normalized spacial score (nSPS) is 22.2. The van der Waals surface area contributed by atoms with Crippen molar-refractivity contribution in [2.45, 2.75) is 50.2 Å². The maximum absolute atomic E-state index is 13.2. The highest BCUT2D eigenvalue weighted by Gasteiger charge is 2.36. The van der Waals surface area contributed by atoms with E-state index in [0.29, 0.717) is 24.9 Å². The summed E-state index contributed by atoms with van der Waals surface area (Å²) in [6.45, 7) is 0.643. The summed E-state index contributed by atoms with van der Waals surface area (Å²) in [5.41, 5.74) is 3.15. The summed E-state index contributed by atoms with van der Waals surface area (Å²) in [7, 11) is 3.96. The van der Waals surface area contributed by atoms with Gasteiger partial charge in [-0.2, -0.15) is 0 Å². The molecule has 0 unspecified atom stereocenters. The fourth-order valence-corrected chi connectivity index (χ4v) is 5.75. The van der Waals surface area contributed by atoms with Crippen LogP contribution in [0.3, 0.4) is 0 Å². The minimum atomic E-state index is -0.681. The first-order valence-corrected chi connectivity index (χ1v) is 13.2. The average Bonchev–Trinajstić information content (AvgIpc) is 3.68. The molecule has 1 heterocycles. The number of carbonyl (C=O) groups excluding carboxylic acids is 1. The van der Waals surface area contributed by atoms with Crippen LogP contribution in [0.25, 0.3) is 22.0 Å². The monoisotopic (exact) mass is 527 g/mol. The molecule has 3 aromatic rings. The minimum absolute atomic E-state index is 0.0687. The van der Waals surface area contributed by atoms with E-state index in [1.807, 2.05) is 37.2 Å². The van der Waals surface area contributed by atoms with Gasteiger partial charge in [-0.05, 0) is 88.0 Å². The number of carbonyl (C=O) groups is 1. The van der Waals surface area contributed by atoms with Crippen molar-refractivity contribution in [2.75, 3.05) is 26.0 Å². The molecule has 6 nitrogen and oxygen atoms in total. The number of Topliss-reactive ketones (excluding diaryl/α,β-unsaturated/α-hetero) is 1. The molecule has 0 radical (unpaired) electrons. The molecule has 0 saturated heterocycles. The summed E-state index contributed by atoms with van der Waals surface area (Å²) in [4.78, 5) is 19.9. The number of ketones is 1. The number of benzene rings is 2. The molecule has 2 saturated carbocycles. The number of aromatic hydroxyl groups is 1. The highest BCUT2D eigenvalue weighted by atomic mass is 35.5. The van der Waals surface area contributed by atoms with E-state index in [2.05, 4.69) is 10.3 Å². The first kappa shape index (κ1) is 25.3.